The highest BCUT2D eigenvalue weighted by atomic mass is 79.9. The van der Waals surface area contributed by atoms with E-state index >= 15 is 0 Å². The standard InChI is InChI=1S/C17H25BrN2O/c1-12(2)20-9-7-15(8-10-20)19(4)17(21)16-11-14(18)6-5-13(16)3/h5-6,11-12,15H,7-10H2,1-4H3. The van der Waals surface area contributed by atoms with E-state index in [9.17, 15) is 4.79 Å². The van der Waals surface area contributed by atoms with E-state index in [1.165, 1.54) is 0 Å². The summed E-state index contributed by atoms with van der Waals surface area (Å²) in [6.07, 6.45) is 2.13. The van der Waals surface area contributed by atoms with Crippen LogP contribution in [0.5, 0.6) is 0 Å². The molecule has 0 N–H and O–H groups in total. The summed E-state index contributed by atoms with van der Waals surface area (Å²) in [5.74, 6) is 0.136. The van der Waals surface area contributed by atoms with Crippen molar-refractivity contribution in [3.63, 3.8) is 0 Å². The summed E-state index contributed by atoms with van der Waals surface area (Å²) in [5, 5.41) is 0. The van der Waals surface area contributed by atoms with Gasteiger partial charge >= 0.3 is 0 Å². The molecule has 4 heteroatoms. The Hall–Kier alpha value is -0.870. The van der Waals surface area contributed by atoms with Crippen molar-refractivity contribution in [2.24, 2.45) is 0 Å². The van der Waals surface area contributed by atoms with Crippen LogP contribution in [0.2, 0.25) is 0 Å². The van der Waals surface area contributed by atoms with Crippen LogP contribution >= 0.6 is 15.9 Å². The average Bonchev–Trinajstić information content (AvgIpc) is 2.48. The van der Waals surface area contributed by atoms with E-state index < -0.39 is 0 Å². The number of halogens is 1. The first-order chi connectivity index (χ1) is 9.90. The van der Waals surface area contributed by atoms with Gasteiger partial charge in [0.15, 0.2) is 0 Å². The lowest BCUT2D eigenvalue weighted by atomic mass is 10.0. The molecule has 0 spiro atoms. The highest BCUT2D eigenvalue weighted by molar-refractivity contribution is 9.10. The van der Waals surface area contributed by atoms with Crippen molar-refractivity contribution in [2.75, 3.05) is 20.1 Å². The van der Waals surface area contributed by atoms with Crippen molar-refractivity contribution in [1.82, 2.24) is 9.80 Å². The van der Waals surface area contributed by atoms with Crippen LogP contribution < -0.4 is 0 Å². The lowest BCUT2D eigenvalue weighted by molar-refractivity contribution is 0.0614. The van der Waals surface area contributed by atoms with E-state index in [0.717, 1.165) is 41.5 Å². The summed E-state index contributed by atoms with van der Waals surface area (Å²) in [4.78, 5) is 17.1. The highest BCUT2D eigenvalue weighted by Crippen LogP contribution is 2.22. The smallest absolute Gasteiger partial charge is 0.254 e. The number of benzene rings is 1. The molecule has 1 saturated heterocycles. The third-order valence-corrected chi connectivity index (χ3v) is 5.02. The molecule has 0 bridgehead atoms. The molecule has 21 heavy (non-hydrogen) atoms. The molecule has 1 aromatic carbocycles. The molecule has 116 valence electrons. The summed E-state index contributed by atoms with van der Waals surface area (Å²) in [6.45, 7) is 8.63. The molecule has 2 rings (SSSR count). The van der Waals surface area contributed by atoms with Crippen molar-refractivity contribution < 1.29 is 4.79 Å². The van der Waals surface area contributed by atoms with Crippen LogP contribution in [0.25, 0.3) is 0 Å². The number of nitrogens with zero attached hydrogens (tertiary/aromatic N) is 2. The number of hydrogen-bond acceptors (Lipinski definition) is 2. The van der Waals surface area contributed by atoms with Crippen molar-refractivity contribution in [2.45, 2.75) is 45.7 Å². The lowest BCUT2D eigenvalue weighted by Crippen LogP contribution is -2.47. The largest absolute Gasteiger partial charge is 0.339 e. The zero-order valence-electron chi connectivity index (χ0n) is 13.4. The number of carbonyl (C=O) groups is 1. The number of piperidine rings is 1. The van der Waals surface area contributed by atoms with Gasteiger partial charge in [-0.1, -0.05) is 22.0 Å². The van der Waals surface area contributed by atoms with E-state index in [-0.39, 0.29) is 5.91 Å². The molecule has 1 aliphatic heterocycles. The number of aryl methyl sites for hydroxylation is 1. The monoisotopic (exact) mass is 352 g/mol. The Balaban J connectivity index is 2.05. The van der Waals surface area contributed by atoms with Gasteiger partial charge in [-0.15, -0.1) is 0 Å². The van der Waals surface area contributed by atoms with Gasteiger partial charge in [0.2, 0.25) is 0 Å². The van der Waals surface area contributed by atoms with Crippen LogP contribution in [0.15, 0.2) is 22.7 Å². The van der Waals surface area contributed by atoms with Crippen LogP contribution in [-0.4, -0.2) is 47.9 Å². The SMILES string of the molecule is Cc1ccc(Br)cc1C(=O)N(C)C1CCN(C(C)C)CC1. The summed E-state index contributed by atoms with van der Waals surface area (Å²) in [5.41, 5.74) is 1.84. The summed E-state index contributed by atoms with van der Waals surface area (Å²) < 4.78 is 0.958. The minimum absolute atomic E-state index is 0.136. The van der Waals surface area contributed by atoms with Crippen LogP contribution in [0.1, 0.15) is 42.6 Å². The fraction of sp³-hybridized carbons (Fsp3) is 0.588. The second kappa shape index (κ2) is 6.93. The van der Waals surface area contributed by atoms with Crippen LogP contribution in [0.3, 0.4) is 0 Å². The van der Waals surface area contributed by atoms with E-state index in [2.05, 4.69) is 34.7 Å². The van der Waals surface area contributed by atoms with Crippen molar-refractivity contribution >= 4 is 21.8 Å². The fourth-order valence-electron chi connectivity index (χ4n) is 2.97. The molecule has 0 unspecified atom stereocenters. The molecular formula is C17H25BrN2O. The van der Waals surface area contributed by atoms with Crippen LogP contribution in [0, 0.1) is 6.92 Å². The van der Waals surface area contributed by atoms with Gasteiger partial charge in [-0.2, -0.15) is 0 Å². The third-order valence-electron chi connectivity index (χ3n) is 4.53. The number of carbonyl (C=O) groups excluding carboxylic acids is 1. The summed E-state index contributed by atoms with van der Waals surface area (Å²) >= 11 is 3.46. The Bertz CT molecular complexity index is 508. The minimum atomic E-state index is 0.136. The first-order valence-electron chi connectivity index (χ1n) is 7.67. The molecule has 3 nitrogen and oxygen atoms in total. The maximum Gasteiger partial charge on any atom is 0.254 e. The maximum absolute atomic E-state index is 12.7. The van der Waals surface area contributed by atoms with Crippen LogP contribution in [-0.2, 0) is 0 Å². The Morgan fingerprint density at radius 2 is 1.95 bits per heavy atom. The van der Waals surface area contributed by atoms with Crippen molar-refractivity contribution in [3.05, 3.63) is 33.8 Å². The predicted octanol–water partition coefficient (Wildman–Crippen LogP) is 3.70. The van der Waals surface area contributed by atoms with Gasteiger partial charge in [0.1, 0.15) is 0 Å². The van der Waals surface area contributed by atoms with Crippen molar-refractivity contribution in [1.29, 1.82) is 0 Å². The molecule has 0 aromatic heterocycles. The molecule has 0 atom stereocenters. The topological polar surface area (TPSA) is 23.6 Å². The van der Waals surface area contributed by atoms with Gasteiger partial charge in [0.25, 0.3) is 5.91 Å². The van der Waals surface area contributed by atoms with Crippen molar-refractivity contribution in [3.8, 4) is 0 Å². The zero-order valence-corrected chi connectivity index (χ0v) is 15.0. The Morgan fingerprint density at radius 1 is 1.33 bits per heavy atom. The van der Waals surface area contributed by atoms with Gasteiger partial charge in [-0.3, -0.25) is 4.79 Å². The number of rotatable bonds is 3. The summed E-state index contributed by atoms with van der Waals surface area (Å²) in [7, 11) is 1.94. The first kappa shape index (κ1) is 16.5. The molecule has 1 fully saturated rings. The highest BCUT2D eigenvalue weighted by Gasteiger charge is 2.27. The summed E-state index contributed by atoms with van der Waals surface area (Å²) in [6, 6.07) is 6.85. The second-order valence-corrected chi connectivity index (χ2v) is 7.15. The molecule has 1 aliphatic rings. The lowest BCUT2D eigenvalue weighted by Gasteiger charge is -2.38. The molecule has 0 saturated carbocycles. The van der Waals surface area contributed by atoms with Crippen LogP contribution in [0.4, 0.5) is 0 Å². The zero-order chi connectivity index (χ0) is 15.6. The van der Waals surface area contributed by atoms with Gasteiger partial charge in [-0.05, 0) is 51.3 Å². The molecular weight excluding hydrogens is 328 g/mol. The number of amides is 1. The van der Waals surface area contributed by atoms with Gasteiger partial charge in [0, 0.05) is 42.3 Å². The van der Waals surface area contributed by atoms with E-state index in [4.69, 9.17) is 0 Å². The Kier molecular flexibility index (Phi) is 5.44. The third kappa shape index (κ3) is 3.86. The average molecular weight is 353 g/mol. The van der Waals surface area contributed by atoms with E-state index in [0.29, 0.717) is 12.1 Å². The quantitative estimate of drug-likeness (QED) is 0.827. The Morgan fingerprint density at radius 3 is 2.52 bits per heavy atom. The van der Waals surface area contributed by atoms with E-state index in [1.807, 2.05) is 37.1 Å². The first-order valence-corrected chi connectivity index (χ1v) is 8.47. The molecule has 0 aliphatic carbocycles. The fourth-order valence-corrected chi connectivity index (χ4v) is 3.33. The van der Waals surface area contributed by atoms with Gasteiger partial charge < -0.3 is 9.80 Å². The minimum Gasteiger partial charge on any atom is -0.339 e. The van der Waals surface area contributed by atoms with Gasteiger partial charge in [0.05, 0.1) is 0 Å². The normalized spacial score (nSPS) is 17.2. The molecule has 1 amide bonds. The van der Waals surface area contributed by atoms with E-state index in [1.54, 1.807) is 0 Å². The van der Waals surface area contributed by atoms with Gasteiger partial charge in [-0.25, -0.2) is 0 Å². The predicted molar refractivity (Wildman–Crippen MR) is 90.7 cm³/mol. The number of hydrogen-bond donors (Lipinski definition) is 0. The number of likely N-dealkylation sites (tertiary alicyclic amines) is 1. The Labute approximate surface area is 136 Å². The second-order valence-electron chi connectivity index (χ2n) is 6.24. The maximum atomic E-state index is 12.7. The molecule has 0 radical (unpaired) electrons. The molecule has 1 heterocycles. The molecule has 1 aromatic rings.